The van der Waals surface area contributed by atoms with E-state index in [0.717, 1.165) is 60.6 Å². The van der Waals surface area contributed by atoms with Crippen molar-refractivity contribution in [3.05, 3.63) is 59.7 Å². The van der Waals surface area contributed by atoms with E-state index < -0.39 is 0 Å². The summed E-state index contributed by atoms with van der Waals surface area (Å²) in [6.07, 6.45) is 10.2. The molecule has 246 valence electrons. The molecule has 0 spiro atoms. The maximum atomic E-state index is 13.1. The maximum Gasteiger partial charge on any atom is 0.338 e. The number of nitrogens with two attached hydrogens (primary N) is 2. The van der Waals surface area contributed by atoms with Gasteiger partial charge in [0.05, 0.1) is 11.7 Å². The van der Waals surface area contributed by atoms with Crippen LogP contribution < -0.4 is 11.5 Å². The van der Waals surface area contributed by atoms with E-state index in [1.807, 2.05) is 24.3 Å². The van der Waals surface area contributed by atoms with Crippen LogP contribution in [0.5, 0.6) is 0 Å². The van der Waals surface area contributed by atoms with E-state index >= 15 is 0 Å². The van der Waals surface area contributed by atoms with Gasteiger partial charge in [-0.1, -0.05) is 52.8 Å². The molecule has 2 aromatic carbocycles. The van der Waals surface area contributed by atoms with Crippen LogP contribution in [0.25, 0.3) is 0 Å². The lowest BCUT2D eigenvalue weighted by Crippen LogP contribution is -2.59. The minimum Gasteiger partial charge on any atom is -0.459 e. The molecule has 6 rings (SSSR count). The fourth-order valence-electron chi connectivity index (χ4n) is 11.1. The number of benzene rings is 2. The summed E-state index contributed by atoms with van der Waals surface area (Å²) in [5, 5.41) is 0. The van der Waals surface area contributed by atoms with Crippen molar-refractivity contribution in [1.29, 1.82) is 0 Å². The van der Waals surface area contributed by atoms with Gasteiger partial charge in [-0.15, -0.1) is 0 Å². The van der Waals surface area contributed by atoms with Crippen LogP contribution in [0.1, 0.15) is 108 Å². The molecule has 0 radical (unpaired) electrons. The highest BCUT2D eigenvalue weighted by molar-refractivity contribution is 5.90. The molecule has 10 unspecified atom stereocenters. The van der Waals surface area contributed by atoms with E-state index in [0.29, 0.717) is 35.1 Å². The normalized spacial score (nSPS) is 36.5. The molecular weight excluding hydrogens is 560 g/mol. The summed E-state index contributed by atoms with van der Waals surface area (Å²) < 4.78 is 6.15. The third kappa shape index (κ3) is 6.39. The van der Waals surface area contributed by atoms with Gasteiger partial charge >= 0.3 is 5.97 Å². The number of ether oxygens (including phenoxy) is 1. The lowest BCUT2D eigenvalue weighted by molar-refractivity contribution is -0.365. The smallest absolute Gasteiger partial charge is 0.338 e. The van der Waals surface area contributed by atoms with Gasteiger partial charge in [0, 0.05) is 11.4 Å². The summed E-state index contributed by atoms with van der Waals surface area (Å²) in [5.41, 5.74) is 15.3. The Kier molecular flexibility index (Phi) is 9.29. The summed E-state index contributed by atoms with van der Waals surface area (Å²) in [6, 6.07) is 14.9. The van der Waals surface area contributed by atoms with Crippen LogP contribution in [0.2, 0.25) is 0 Å². The molecule has 4 fully saturated rings. The largest absolute Gasteiger partial charge is 0.459 e. The molecule has 4 saturated carbocycles. The fraction of sp³-hybridized carbons (Fsp3) is 0.667. The highest BCUT2D eigenvalue weighted by Crippen LogP contribution is 2.69. The van der Waals surface area contributed by atoms with Crippen molar-refractivity contribution in [3.63, 3.8) is 0 Å². The lowest BCUT2D eigenvalue weighted by atomic mass is 9.43. The molecule has 0 heterocycles. The molecule has 0 amide bonds. The van der Waals surface area contributed by atoms with E-state index in [1.54, 1.807) is 24.3 Å². The maximum absolute atomic E-state index is 13.1. The van der Waals surface area contributed by atoms with Gasteiger partial charge in [0.25, 0.3) is 0 Å². The van der Waals surface area contributed by atoms with Gasteiger partial charge in [-0.2, -0.15) is 0 Å². The Morgan fingerprint density at radius 2 is 1.58 bits per heavy atom. The third-order valence-corrected chi connectivity index (χ3v) is 13.0. The third-order valence-electron chi connectivity index (χ3n) is 13.0. The second kappa shape index (κ2) is 12.9. The summed E-state index contributed by atoms with van der Waals surface area (Å²) in [4.78, 5) is 25.7. The summed E-state index contributed by atoms with van der Waals surface area (Å²) in [6.45, 7) is 12.8. The van der Waals surface area contributed by atoms with Crippen LogP contribution in [-0.2, 0) is 21.1 Å². The Labute approximate surface area is 270 Å². The number of carbonyl (C=O) groups excluding carboxylic acids is 1. The molecule has 45 heavy (non-hydrogen) atoms. The highest BCUT2D eigenvalue weighted by Gasteiger charge is 2.63. The number of esters is 1. The van der Waals surface area contributed by atoms with Gasteiger partial charge in [-0.3, -0.25) is 0 Å². The quantitative estimate of drug-likeness (QED) is 0.126. The second-order valence-corrected chi connectivity index (χ2v) is 16.1. The fourth-order valence-corrected chi connectivity index (χ4v) is 11.1. The first-order valence-corrected chi connectivity index (χ1v) is 17.7. The Hall–Kier alpha value is -2.57. The van der Waals surface area contributed by atoms with Crippen molar-refractivity contribution in [3.8, 4) is 0 Å². The van der Waals surface area contributed by atoms with Crippen molar-refractivity contribution < 1.29 is 19.3 Å². The van der Waals surface area contributed by atoms with Crippen molar-refractivity contribution in [2.24, 2.45) is 52.3 Å². The van der Waals surface area contributed by atoms with Gasteiger partial charge in [0.2, 0.25) is 0 Å². The summed E-state index contributed by atoms with van der Waals surface area (Å²) in [5.74, 6) is 4.31. The number of rotatable bonds is 9. The first-order chi connectivity index (χ1) is 21.5. The Balaban J connectivity index is 1.22. The van der Waals surface area contributed by atoms with E-state index in [1.165, 1.54) is 32.1 Å². The molecule has 6 heteroatoms. The van der Waals surface area contributed by atoms with Crippen LogP contribution in [0.15, 0.2) is 48.5 Å². The molecule has 4 N–H and O–H groups in total. The van der Waals surface area contributed by atoms with Gasteiger partial charge < -0.3 is 16.2 Å². The zero-order valence-corrected chi connectivity index (χ0v) is 28.2. The molecule has 0 aliphatic heterocycles. The molecule has 0 bridgehead atoms. The van der Waals surface area contributed by atoms with E-state index in [2.05, 4.69) is 34.6 Å². The first-order valence-electron chi connectivity index (χ1n) is 17.7. The molecule has 0 saturated heterocycles. The average molecular weight is 617 g/mol. The first kappa shape index (κ1) is 32.4. The summed E-state index contributed by atoms with van der Waals surface area (Å²) in [7, 11) is 0. The number of hydrogen-bond donors (Lipinski definition) is 2. The second-order valence-electron chi connectivity index (χ2n) is 16.1. The molecular formula is C39H56N2O4. The molecule has 6 nitrogen and oxygen atoms in total. The summed E-state index contributed by atoms with van der Waals surface area (Å²) >= 11 is 0. The minimum atomic E-state index is -0.291. The monoisotopic (exact) mass is 616 g/mol. The molecule has 0 aromatic heterocycles. The zero-order chi connectivity index (χ0) is 31.9. The minimum absolute atomic E-state index is 0.0410. The number of anilines is 2. The van der Waals surface area contributed by atoms with Crippen molar-refractivity contribution in [2.45, 2.75) is 111 Å². The topological polar surface area (TPSA) is 96.8 Å². The Morgan fingerprint density at radius 3 is 2.31 bits per heavy atom. The number of carbonyl (C=O) groups is 1. The molecule has 4 aliphatic carbocycles. The lowest BCUT2D eigenvalue weighted by Gasteiger charge is -2.62. The van der Waals surface area contributed by atoms with Gasteiger partial charge in [0.15, 0.2) is 0 Å². The van der Waals surface area contributed by atoms with Gasteiger partial charge in [-0.05, 0) is 146 Å². The zero-order valence-electron chi connectivity index (χ0n) is 28.2. The average Bonchev–Trinajstić information content (AvgIpc) is 3.35. The molecule has 4 aliphatic rings. The van der Waals surface area contributed by atoms with E-state index in [9.17, 15) is 4.79 Å². The Bertz CT molecular complexity index is 1350. The predicted octanol–water partition coefficient (Wildman–Crippen LogP) is 8.84. The number of fused-ring (bicyclic) bond motifs is 5. The van der Waals surface area contributed by atoms with Crippen LogP contribution in [-0.4, -0.2) is 18.2 Å². The highest BCUT2D eigenvalue weighted by atomic mass is 17.2. The van der Waals surface area contributed by atoms with Crippen molar-refractivity contribution in [2.75, 3.05) is 11.5 Å². The Morgan fingerprint density at radius 1 is 0.867 bits per heavy atom. The van der Waals surface area contributed by atoms with Crippen LogP contribution in [0.4, 0.5) is 11.4 Å². The van der Waals surface area contributed by atoms with Crippen molar-refractivity contribution >= 4 is 17.3 Å². The molecule has 10 atom stereocenters. The standard InChI is InChI=1S/C39H56N2O4/c1-24(2)18-25(3)32-12-13-33-31-22-36(45-43-23-26-8-6-10-28(40)19-26)35-21-30(44-37(42)27-9-7-11-29(41)20-27)14-16-39(35,5)34(31)15-17-38(32,33)4/h6-11,19-20,24-25,30-36H,12-18,21-23,40-41H2,1-5H3. The van der Waals surface area contributed by atoms with Crippen molar-refractivity contribution in [1.82, 2.24) is 0 Å². The molecule has 2 aromatic rings. The van der Waals surface area contributed by atoms with E-state index in [4.69, 9.17) is 26.0 Å². The number of hydrogen-bond acceptors (Lipinski definition) is 6. The van der Waals surface area contributed by atoms with Crippen LogP contribution >= 0.6 is 0 Å². The number of nitrogen functional groups attached to an aromatic ring is 2. The van der Waals surface area contributed by atoms with Gasteiger partial charge in [-0.25, -0.2) is 14.6 Å². The SMILES string of the molecule is CC(C)CC(C)C1CCC2C3CC(OOCc4cccc(N)c4)C4CC(OC(=O)c5cccc(N)c5)CCC4(C)C3CCC12C. The van der Waals surface area contributed by atoms with Crippen LogP contribution in [0.3, 0.4) is 0 Å². The van der Waals surface area contributed by atoms with Gasteiger partial charge in [0.1, 0.15) is 12.7 Å². The predicted molar refractivity (Wildman–Crippen MR) is 180 cm³/mol. The van der Waals surface area contributed by atoms with Crippen LogP contribution in [0, 0.1) is 52.3 Å². The van der Waals surface area contributed by atoms with E-state index in [-0.39, 0.29) is 29.5 Å².